The third-order valence-corrected chi connectivity index (χ3v) is 4.09. The molecule has 1 fully saturated rings. The second kappa shape index (κ2) is 8.77. The Morgan fingerprint density at radius 2 is 2.20 bits per heavy atom. The maximum absolute atomic E-state index is 13.6. The van der Waals surface area contributed by atoms with Gasteiger partial charge in [0.15, 0.2) is 17.3 Å². The quantitative estimate of drug-likeness (QED) is 0.838. The summed E-state index contributed by atoms with van der Waals surface area (Å²) in [7, 11) is 1.41. The second-order valence-corrected chi connectivity index (χ2v) is 5.72. The van der Waals surface area contributed by atoms with Crippen molar-refractivity contribution >= 4 is 18.3 Å². The molecule has 0 spiro atoms. The molecule has 0 aliphatic carbocycles. The molecule has 9 heteroatoms. The lowest BCUT2D eigenvalue weighted by molar-refractivity contribution is 0.0945. The van der Waals surface area contributed by atoms with Gasteiger partial charge in [-0.1, -0.05) is 11.3 Å². The number of nitrogens with one attached hydrogen (secondary N) is 2. The summed E-state index contributed by atoms with van der Waals surface area (Å²) in [4.78, 5) is 12.2. The maximum Gasteiger partial charge on any atom is 0.273 e. The molecule has 1 aromatic carbocycles. The second-order valence-electron chi connectivity index (χ2n) is 5.72. The van der Waals surface area contributed by atoms with E-state index in [4.69, 9.17) is 4.74 Å². The van der Waals surface area contributed by atoms with Gasteiger partial charge in [0, 0.05) is 6.54 Å². The highest BCUT2D eigenvalue weighted by Crippen LogP contribution is 2.18. The van der Waals surface area contributed by atoms with Crippen LogP contribution >= 0.6 is 12.4 Å². The fourth-order valence-corrected chi connectivity index (χ4v) is 2.72. The van der Waals surface area contributed by atoms with Gasteiger partial charge in [0.1, 0.15) is 0 Å². The third-order valence-electron chi connectivity index (χ3n) is 4.09. The zero-order chi connectivity index (χ0) is 16.9. The van der Waals surface area contributed by atoms with Crippen molar-refractivity contribution in [2.24, 2.45) is 0 Å². The zero-order valence-electron chi connectivity index (χ0n) is 13.9. The molecule has 1 aromatic heterocycles. The Kier molecular flexibility index (Phi) is 6.72. The lowest BCUT2D eigenvalue weighted by Gasteiger charge is -2.22. The first-order valence-electron chi connectivity index (χ1n) is 7.90. The largest absolute Gasteiger partial charge is 0.494 e. The lowest BCUT2D eigenvalue weighted by Crippen LogP contribution is -2.29. The number of rotatable bonds is 5. The van der Waals surface area contributed by atoms with Crippen LogP contribution in [0.15, 0.2) is 24.4 Å². The summed E-state index contributed by atoms with van der Waals surface area (Å²) >= 11 is 0. The minimum Gasteiger partial charge on any atom is -0.494 e. The Morgan fingerprint density at radius 3 is 2.88 bits per heavy atom. The van der Waals surface area contributed by atoms with E-state index in [0.717, 1.165) is 25.9 Å². The molecule has 2 N–H and O–H groups in total. The molecule has 2 heterocycles. The number of hydrogen-bond donors (Lipinski definition) is 2. The highest BCUT2D eigenvalue weighted by atomic mass is 35.5. The van der Waals surface area contributed by atoms with Gasteiger partial charge in [0.25, 0.3) is 5.91 Å². The van der Waals surface area contributed by atoms with Crippen LogP contribution < -0.4 is 15.4 Å². The van der Waals surface area contributed by atoms with Crippen molar-refractivity contribution < 1.29 is 13.9 Å². The number of carbonyl (C=O) groups excluding carboxylic acids is 1. The number of halogens is 2. The molecule has 1 aliphatic rings. The van der Waals surface area contributed by atoms with E-state index in [1.165, 1.54) is 19.2 Å². The maximum atomic E-state index is 13.6. The topological polar surface area (TPSA) is 81.1 Å². The van der Waals surface area contributed by atoms with E-state index in [-0.39, 0.29) is 42.3 Å². The predicted molar refractivity (Wildman–Crippen MR) is 92.5 cm³/mol. The first-order chi connectivity index (χ1) is 11.7. The summed E-state index contributed by atoms with van der Waals surface area (Å²) in [6, 6.07) is 4.85. The number of carbonyl (C=O) groups is 1. The van der Waals surface area contributed by atoms with Crippen LogP contribution in [0.5, 0.6) is 5.75 Å². The summed E-state index contributed by atoms with van der Waals surface area (Å²) in [5.74, 6) is -0.609. The summed E-state index contributed by atoms with van der Waals surface area (Å²) in [5.41, 5.74) is 0.912. The molecule has 25 heavy (non-hydrogen) atoms. The summed E-state index contributed by atoms with van der Waals surface area (Å²) in [6.45, 7) is 2.09. The van der Waals surface area contributed by atoms with Crippen LogP contribution in [-0.2, 0) is 6.54 Å². The Hall–Kier alpha value is -2.19. The summed E-state index contributed by atoms with van der Waals surface area (Å²) in [6.07, 6.45) is 3.60. The number of aromatic nitrogens is 3. The standard InChI is InChI=1S/C16H20FN5O2.ClH/c1-24-15-3-2-11(8-13(15)17)9-19-16(23)14-10-22(21-20-14)12-4-6-18-7-5-12;/h2-3,8,10,12,18H,4-7,9H2,1H3,(H,19,23);1H. The SMILES string of the molecule is COc1ccc(CNC(=O)c2cn(C3CCNCC3)nn2)cc1F.Cl. The van der Waals surface area contributed by atoms with Crippen molar-refractivity contribution in [3.63, 3.8) is 0 Å². The van der Waals surface area contributed by atoms with E-state index < -0.39 is 5.82 Å². The molecule has 2 aromatic rings. The van der Waals surface area contributed by atoms with Gasteiger partial charge in [-0.2, -0.15) is 0 Å². The van der Waals surface area contributed by atoms with Gasteiger partial charge in [-0.15, -0.1) is 17.5 Å². The van der Waals surface area contributed by atoms with E-state index in [1.807, 2.05) is 0 Å². The number of hydrogen-bond acceptors (Lipinski definition) is 5. The highest BCUT2D eigenvalue weighted by Gasteiger charge is 2.18. The Bertz CT molecular complexity index is 718. The van der Waals surface area contributed by atoms with Crippen molar-refractivity contribution in [3.05, 3.63) is 41.5 Å². The van der Waals surface area contributed by atoms with Gasteiger partial charge < -0.3 is 15.4 Å². The number of benzene rings is 1. The van der Waals surface area contributed by atoms with Gasteiger partial charge in [0.05, 0.1) is 19.3 Å². The highest BCUT2D eigenvalue weighted by molar-refractivity contribution is 5.91. The van der Waals surface area contributed by atoms with Crippen LogP contribution in [0.4, 0.5) is 4.39 Å². The molecule has 7 nitrogen and oxygen atoms in total. The average Bonchev–Trinajstić information content (AvgIpc) is 3.11. The van der Waals surface area contributed by atoms with Crippen molar-refractivity contribution in [1.82, 2.24) is 25.6 Å². The molecule has 1 amide bonds. The third kappa shape index (κ3) is 4.67. The van der Waals surface area contributed by atoms with E-state index in [2.05, 4.69) is 20.9 Å². The number of piperidine rings is 1. The van der Waals surface area contributed by atoms with Crippen molar-refractivity contribution in [2.45, 2.75) is 25.4 Å². The monoisotopic (exact) mass is 369 g/mol. The fourth-order valence-electron chi connectivity index (χ4n) is 2.72. The molecular formula is C16H21ClFN5O2. The van der Waals surface area contributed by atoms with Gasteiger partial charge in [-0.3, -0.25) is 4.79 Å². The first kappa shape index (κ1) is 19.1. The average molecular weight is 370 g/mol. The molecule has 0 bridgehead atoms. The molecule has 1 saturated heterocycles. The van der Waals surface area contributed by atoms with Gasteiger partial charge in [-0.25, -0.2) is 9.07 Å². The first-order valence-corrected chi connectivity index (χ1v) is 7.90. The summed E-state index contributed by atoms with van der Waals surface area (Å²) < 4.78 is 20.3. The fraction of sp³-hybridized carbons (Fsp3) is 0.438. The van der Waals surface area contributed by atoms with E-state index in [9.17, 15) is 9.18 Å². The Morgan fingerprint density at radius 1 is 1.44 bits per heavy atom. The molecule has 1 aliphatic heterocycles. The minimum atomic E-state index is -0.457. The van der Waals surface area contributed by atoms with Crippen LogP contribution in [0.25, 0.3) is 0 Å². The Balaban J connectivity index is 0.00000225. The molecule has 3 rings (SSSR count). The number of ether oxygens (including phenoxy) is 1. The molecule has 0 unspecified atom stereocenters. The van der Waals surface area contributed by atoms with Crippen molar-refractivity contribution in [2.75, 3.05) is 20.2 Å². The number of nitrogens with zero attached hydrogens (tertiary/aromatic N) is 3. The van der Waals surface area contributed by atoms with E-state index >= 15 is 0 Å². The van der Waals surface area contributed by atoms with E-state index in [1.54, 1.807) is 16.9 Å². The lowest BCUT2D eigenvalue weighted by atomic mass is 10.1. The van der Waals surface area contributed by atoms with Crippen molar-refractivity contribution in [1.29, 1.82) is 0 Å². The van der Waals surface area contributed by atoms with Crippen molar-refractivity contribution in [3.8, 4) is 5.75 Å². The number of amides is 1. The van der Waals surface area contributed by atoms with Crippen LogP contribution in [0.1, 0.15) is 34.9 Å². The van der Waals surface area contributed by atoms with Crippen LogP contribution in [-0.4, -0.2) is 41.1 Å². The molecule has 0 saturated carbocycles. The van der Waals surface area contributed by atoms with Gasteiger partial charge in [-0.05, 0) is 43.6 Å². The molecular weight excluding hydrogens is 349 g/mol. The van der Waals surface area contributed by atoms with Gasteiger partial charge >= 0.3 is 0 Å². The molecule has 0 radical (unpaired) electrons. The minimum absolute atomic E-state index is 0. The molecule has 136 valence electrons. The molecule has 0 atom stereocenters. The van der Waals surface area contributed by atoms with Crippen LogP contribution in [0.3, 0.4) is 0 Å². The smallest absolute Gasteiger partial charge is 0.273 e. The number of methoxy groups -OCH3 is 1. The zero-order valence-corrected chi connectivity index (χ0v) is 14.7. The Labute approximate surface area is 151 Å². The predicted octanol–water partition coefficient (Wildman–Crippen LogP) is 1.70. The normalized spacial score (nSPS) is 14.6. The summed E-state index contributed by atoms with van der Waals surface area (Å²) in [5, 5.41) is 14.0. The van der Waals surface area contributed by atoms with Crippen LogP contribution in [0, 0.1) is 5.82 Å². The van der Waals surface area contributed by atoms with Gasteiger partial charge in [0.2, 0.25) is 0 Å². The van der Waals surface area contributed by atoms with Crippen LogP contribution in [0.2, 0.25) is 0 Å². The van der Waals surface area contributed by atoms with E-state index in [0.29, 0.717) is 5.56 Å².